The maximum atomic E-state index is 10.8. The zero-order valence-corrected chi connectivity index (χ0v) is 14.3. The van der Waals surface area contributed by atoms with Gasteiger partial charge in [0.15, 0.2) is 12.5 Å². The fraction of sp³-hybridized carbons (Fsp3) is 0.526. The number of H-pyrrole nitrogens is 1. The van der Waals surface area contributed by atoms with Crippen LogP contribution in [0.3, 0.4) is 0 Å². The van der Waals surface area contributed by atoms with E-state index in [1.54, 1.807) is 0 Å². The van der Waals surface area contributed by atoms with E-state index in [1.165, 1.54) is 34.9 Å². The van der Waals surface area contributed by atoms with Gasteiger partial charge in [0.05, 0.1) is 6.61 Å². The number of aromatic nitrogens is 1. The van der Waals surface area contributed by atoms with Gasteiger partial charge in [0.2, 0.25) is 0 Å². The Labute approximate surface area is 142 Å². The quantitative estimate of drug-likeness (QED) is 0.825. The predicted molar refractivity (Wildman–Crippen MR) is 94.2 cm³/mol. The Balaban J connectivity index is 1.50. The number of benzene rings is 1. The third kappa shape index (κ3) is 2.88. The molecule has 128 valence electrons. The second kappa shape index (κ2) is 6.31. The molecular weight excluding hydrogens is 302 g/mol. The van der Waals surface area contributed by atoms with Crippen LogP contribution in [0.5, 0.6) is 0 Å². The van der Waals surface area contributed by atoms with E-state index in [1.807, 2.05) is 0 Å². The molecule has 5 nitrogen and oxygen atoms in total. The van der Waals surface area contributed by atoms with Crippen LogP contribution >= 0.6 is 0 Å². The summed E-state index contributed by atoms with van der Waals surface area (Å²) in [7, 11) is 4.33. The van der Waals surface area contributed by atoms with Crippen molar-refractivity contribution < 1.29 is 9.53 Å². The largest absolute Gasteiger partial charge is 0.361 e. The summed E-state index contributed by atoms with van der Waals surface area (Å²) >= 11 is 0. The lowest BCUT2D eigenvalue weighted by Crippen LogP contribution is -2.39. The third-order valence-electron chi connectivity index (χ3n) is 5.54. The van der Waals surface area contributed by atoms with Crippen molar-refractivity contribution in [1.82, 2.24) is 15.2 Å². The SMILES string of the molecule is CN(C)C1CC(c2c[nH]c3ccc(C[C@@H]4COC(C=O)N4)cc23)C1. The smallest absolute Gasteiger partial charge is 0.164 e. The van der Waals surface area contributed by atoms with Crippen LogP contribution in [0.4, 0.5) is 0 Å². The highest BCUT2D eigenvalue weighted by Gasteiger charge is 2.33. The van der Waals surface area contributed by atoms with Gasteiger partial charge in [-0.3, -0.25) is 10.1 Å². The first-order valence-corrected chi connectivity index (χ1v) is 8.73. The maximum absolute atomic E-state index is 10.8. The lowest BCUT2D eigenvalue weighted by atomic mass is 9.75. The zero-order valence-electron chi connectivity index (χ0n) is 14.3. The summed E-state index contributed by atoms with van der Waals surface area (Å²) in [6.45, 7) is 0.592. The molecular formula is C19H25N3O2. The van der Waals surface area contributed by atoms with Gasteiger partial charge in [-0.1, -0.05) is 6.07 Å². The van der Waals surface area contributed by atoms with Crippen LogP contribution in [-0.2, 0) is 16.0 Å². The molecule has 1 aliphatic carbocycles. The minimum atomic E-state index is -0.445. The molecule has 24 heavy (non-hydrogen) atoms. The average Bonchev–Trinajstić information content (AvgIpc) is 3.13. The van der Waals surface area contributed by atoms with Crippen molar-refractivity contribution in [3.63, 3.8) is 0 Å². The molecule has 4 rings (SSSR count). The summed E-state index contributed by atoms with van der Waals surface area (Å²) in [4.78, 5) is 16.5. The Hall–Kier alpha value is -1.69. The van der Waals surface area contributed by atoms with Crippen molar-refractivity contribution in [3.05, 3.63) is 35.5 Å². The van der Waals surface area contributed by atoms with E-state index >= 15 is 0 Å². The number of hydrogen-bond acceptors (Lipinski definition) is 4. The molecule has 5 heteroatoms. The van der Waals surface area contributed by atoms with Crippen molar-refractivity contribution in [2.24, 2.45) is 0 Å². The van der Waals surface area contributed by atoms with Gasteiger partial charge in [-0.15, -0.1) is 0 Å². The Morgan fingerprint density at radius 3 is 2.88 bits per heavy atom. The molecule has 0 spiro atoms. The summed E-state index contributed by atoms with van der Waals surface area (Å²) in [6, 6.07) is 7.57. The van der Waals surface area contributed by atoms with Crippen LogP contribution < -0.4 is 5.32 Å². The van der Waals surface area contributed by atoms with Gasteiger partial charge in [0.25, 0.3) is 0 Å². The van der Waals surface area contributed by atoms with E-state index in [9.17, 15) is 4.79 Å². The zero-order chi connectivity index (χ0) is 16.7. The third-order valence-corrected chi connectivity index (χ3v) is 5.54. The van der Waals surface area contributed by atoms with E-state index in [0.29, 0.717) is 18.6 Å². The summed E-state index contributed by atoms with van der Waals surface area (Å²) in [5.74, 6) is 0.661. The van der Waals surface area contributed by atoms with Gasteiger partial charge in [-0.05, 0) is 62.5 Å². The van der Waals surface area contributed by atoms with Crippen LogP contribution in [0, 0.1) is 0 Å². The summed E-state index contributed by atoms with van der Waals surface area (Å²) in [5.41, 5.74) is 3.95. The Kier molecular flexibility index (Phi) is 4.16. The van der Waals surface area contributed by atoms with Crippen molar-refractivity contribution in [3.8, 4) is 0 Å². The first-order chi connectivity index (χ1) is 11.6. The van der Waals surface area contributed by atoms with Crippen LogP contribution in [0.1, 0.15) is 29.9 Å². The van der Waals surface area contributed by atoms with Gasteiger partial charge >= 0.3 is 0 Å². The van der Waals surface area contributed by atoms with E-state index in [2.05, 4.69) is 53.7 Å². The highest BCUT2D eigenvalue weighted by Crippen LogP contribution is 2.41. The Morgan fingerprint density at radius 1 is 1.33 bits per heavy atom. The molecule has 1 unspecified atom stereocenters. The molecule has 2 fully saturated rings. The van der Waals surface area contributed by atoms with E-state index in [0.717, 1.165) is 12.7 Å². The molecule has 0 radical (unpaired) electrons. The van der Waals surface area contributed by atoms with Gasteiger partial charge < -0.3 is 14.6 Å². The summed E-state index contributed by atoms with van der Waals surface area (Å²) < 4.78 is 5.39. The summed E-state index contributed by atoms with van der Waals surface area (Å²) in [6.07, 6.45) is 5.93. The highest BCUT2D eigenvalue weighted by molar-refractivity contribution is 5.84. The normalized spacial score (nSPS) is 30.0. The van der Waals surface area contributed by atoms with E-state index < -0.39 is 6.23 Å². The average molecular weight is 327 g/mol. The Morgan fingerprint density at radius 2 is 2.17 bits per heavy atom. The topological polar surface area (TPSA) is 57.4 Å². The molecule has 2 N–H and O–H groups in total. The lowest BCUT2D eigenvalue weighted by Gasteiger charge is -2.39. The standard InChI is InChI=1S/C19H25N3O2/c1-22(2)15-7-13(8-15)17-9-20-18-4-3-12(6-16(17)18)5-14-11-24-19(10-23)21-14/h3-4,6,9-10,13-15,19-21H,5,7-8,11H2,1-2H3/t13?,14-,15?,19?/m1/s1. The predicted octanol–water partition coefficient (Wildman–Crippen LogP) is 2.03. The number of ether oxygens (including phenoxy) is 1. The number of carbonyl (C=O) groups excluding carboxylic acids is 1. The molecule has 2 atom stereocenters. The van der Waals surface area contributed by atoms with Crippen LogP contribution in [-0.4, -0.2) is 55.2 Å². The number of fused-ring (bicyclic) bond motifs is 1. The number of rotatable bonds is 5. The highest BCUT2D eigenvalue weighted by atomic mass is 16.5. The summed E-state index contributed by atoms with van der Waals surface area (Å²) in [5, 5.41) is 4.55. The van der Waals surface area contributed by atoms with Gasteiger partial charge in [-0.25, -0.2) is 0 Å². The number of aromatic amines is 1. The van der Waals surface area contributed by atoms with Crippen LogP contribution in [0.25, 0.3) is 10.9 Å². The Bertz CT molecular complexity index is 733. The molecule has 1 aromatic heterocycles. The number of nitrogens with one attached hydrogen (secondary N) is 2. The molecule has 2 heterocycles. The van der Waals surface area contributed by atoms with Gasteiger partial charge in [-0.2, -0.15) is 0 Å². The van der Waals surface area contributed by atoms with Crippen molar-refractivity contribution in [2.75, 3.05) is 20.7 Å². The fourth-order valence-electron chi connectivity index (χ4n) is 3.95. The van der Waals surface area contributed by atoms with Crippen LogP contribution in [0.2, 0.25) is 0 Å². The molecule has 0 amide bonds. The van der Waals surface area contributed by atoms with Gasteiger partial charge in [0.1, 0.15) is 0 Å². The van der Waals surface area contributed by atoms with Gasteiger partial charge in [0, 0.05) is 29.2 Å². The minimum Gasteiger partial charge on any atom is -0.361 e. The molecule has 2 aliphatic rings. The first kappa shape index (κ1) is 15.8. The minimum absolute atomic E-state index is 0.210. The van der Waals surface area contributed by atoms with Crippen molar-refractivity contribution in [1.29, 1.82) is 0 Å². The molecule has 0 bridgehead atoms. The molecule has 1 aromatic carbocycles. The lowest BCUT2D eigenvalue weighted by molar-refractivity contribution is -0.116. The second-order valence-corrected chi connectivity index (χ2v) is 7.37. The molecule has 1 saturated carbocycles. The second-order valence-electron chi connectivity index (χ2n) is 7.37. The molecule has 1 aliphatic heterocycles. The fourth-order valence-corrected chi connectivity index (χ4v) is 3.95. The van der Waals surface area contributed by atoms with E-state index in [-0.39, 0.29) is 6.04 Å². The molecule has 2 aromatic rings. The first-order valence-electron chi connectivity index (χ1n) is 8.73. The van der Waals surface area contributed by atoms with Crippen molar-refractivity contribution >= 4 is 17.2 Å². The molecule has 1 saturated heterocycles. The number of nitrogens with zero attached hydrogens (tertiary/aromatic N) is 1. The monoisotopic (exact) mass is 327 g/mol. The maximum Gasteiger partial charge on any atom is 0.164 e. The van der Waals surface area contributed by atoms with E-state index in [4.69, 9.17) is 4.74 Å². The van der Waals surface area contributed by atoms with Crippen LogP contribution in [0.15, 0.2) is 24.4 Å². The van der Waals surface area contributed by atoms with Crippen molar-refractivity contribution in [2.45, 2.75) is 43.5 Å². The number of hydrogen-bond donors (Lipinski definition) is 2. The number of aldehydes is 1. The number of carbonyl (C=O) groups is 1.